The molecule has 118 valence electrons. The van der Waals surface area contributed by atoms with E-state index in [1.165, 1.54) is 6.07 Å². The molecule has 2 atom stereocenters. The molecule has 0 aliphatic carbocycles. The molecule has 0 radical (unpaired) electrons. The van der Waals surface area contributed by atoms with Crippen LogP contribution in [-0.2, 0) is 22.4 Å². The lowest BCUT2D eigenvalue weighted by Gasteiger charge is -2.22. The largest absolute Gasteiger partial charge is 0.416 e. The Kier molecular flexibility index (Phi) is 4.63. The summed E-state index contributed by atoms with van der Waals surface area (Å²) in [4.78, 5) is 0. The predicted molar refractivity (Wildman–Crippen MR) is 74.8 cm³/mol. The zero-order valence-corrected chi connectivity index (χ0v) is 12.5. The quantitative estimate of drug-likeness (QED) is 0.925. The van der Waals surface area contributed by atoms with Crippen molar-refractivity contribution in [3.8, 4) is 0 Å². The van der Waals surface area contributed by atoms with Gasteiger partial charge in [0.1, 0.15) is 0 Å². The molecule has 3 nitrogen and oxygen atoms in total. The van der Waals surface area contributed by atoms with Gasteiger partial charge in [0.05, 0.1) is 17.1 Å². The Hall–Kier alpha value is -1.08. The third kappa shape index (κ3) is 4.20. The summed E-state index contributed by atoms with van der Waals surface area (Å²) in [5.74, 6) is 0.227. The van der Waals surface area contributed by atoms with Crippen molar-refractivity contribution < 1.29 is 21.6 Å². The highest BCUT2D eigenvalue weighted by Crippen LogP contribution is 2.30. The van der Waals surface area contributed by atoms with Crippen LogP contribution >= 0.6 is 0 Å². The van der Waals surface area contributed by atoms with Crippen LogP contribution in [0.2, 0.25) is 0 Å². The van der Waals surface area contributed by atoms with E-state index >= 15 is 0 Å². The molecule has 7 heteroatoms. The summed E-state index contributed by atoms with van der Waals surface area (Å²) in [6.07, 6.45) is -3.41. The second kappa shape index (κ2) is 5.96. The van der Waals surface area contributed by atoms with E-state index in [1.54, 1.807) is 13.1 Å². The Morgan fingerprint density at radius 2 is 2.10 bits per heavy atom. The summed E-state index contributed by atoms with van der Waals surface area (Å²) in [6.45, 7) is 0. The van der Waals surface area contributed by atoms with Gasteiger partial charge in [0.25, 0.3) is 0 Å². The molecule has 1 heterocycles. The normalized spacial score (nSPS) is 23.1. The second-order valence-electron chi connectivity index (χ2n) is 5.46. The molecule has 2 unspecified atom stereocenters. The van der Waals surface area contributed by atoms with Crippen LogP contribution in [0.3, 0.4) is 0 Å². The second-order valence-corrected chi connectivity index (χ2v) is 7.69. The highest BCUT2D eigenvalue weighted by atomic mass is 32.2. The van der Waals surface area contributed by atoms with Crippen LogP contribution in [0.1, 0.15) is 17.5 Å². The molecule has 1 aliphatic rings. The van der Waals surface area contributed by atoms with Gasteiger partial charge in [-0.1, -0.05) is 18.2 Å². The van der Waals surface area contributed by atoms with Gasteiger partial charge in [0.2, 0.25) is 0 Å². The van der Waals surface area contributed by atoms with Crippen molar-refractivity contribution in [3.05, 3.63) is 35.4 Å². The van der Waals surface area contributed by atoms with Crippen molar-refractivity contribution in [2.75, 3.05) is 18.6 Å². The first-order valence-corrected chi connectivity index (χ1v) is 8.57. The summed E-state index contributed by atoms with van der Waals surface area (Å²) in [6, 6.07) is 5.07. The predicted octanol–water partition coefficient (Wildman–Crippen LogP) is 2.27. The number of nitrogens with one attached hydrogen (secondary N) is 1. The van der Waals surface area contributed by atoms with E-state index in [0.717, 1.165) is 12.1 Å². The number of alkyl halides is 3. The van der Waals surface area contributed by atoms with Gasteiger partial charge < -0.3 is 5.32 Å². The number of likely N-dealkylation sites (N-methyl/N-ethyl adjacent to an activating group) is 1. The lowest BCUT2D eigenvalue weighted by molar-refractivity contribution is -0.137. The highest BCUT2D eigenvalue weighted by Gasteiger charge is 2.34. The third-order valence-corrected chi connectivity index (χ3v) is 5.71. The number of hydrogen-bond donors (Lipinski definition) is 1. The van der Waals surface area contributed by atoms with Crippen molar-refractivity contribution in [3.63, 3.8) is 0 Å². The molecular formula is C14H18F3NO2S. The first kappa shape index (κ1) is 16.3. The fourth-order valence-corrected chi connectivity index (χ4v) is 4.65. The minimum atomic E-state index is -4.36. The van der Waals surface area contributed by atoms with E-state index in [0.29, 0.717) is 18.4 Å². The zero-order valence-electron chi connectivity index (χ0n) is 11.7. The van der Waals surface area contributed by atoms with E-state index in [4.69, 9.17) is 0 Å². The van der Waals surface area contributed by atoms with Gasteiger partial charge in [-0.3, -0.25) is 0 Å². The minimum Gasteiger partial charge on any atom is -0.316 e. The average molecular weight is 321 g/mol. The molecular weight excluding hydrogens is 303 g/mol. The fourth-order valence-electron chi connectivity index (χ4n) is 2.77. The number of hydrogen-bond acceptors (Lipinski definition) is 3. The number of halogens is 3. The van der Waals surface area contributed by atoms with Crippen LogP contribution in [0, 0.1) is 5.92 Å². The summed E-state index contributed by atoms with van der Waals surface area (Å²) < 4.78 is 61.1. The molecule has 0 spiro atoms. The van der Waals surface area contributed by atoms with Gasteiger partial charge in [-0.05, 0) is 37.4 Å². The molecule has 0 saturated carbocycles. The van der Waals surface area contributed by atoms with Crippen LogP contribution in [0.15, 0.2) is 24.3 Å². The highest BCUT2D eigenvalue weighted by molar-refractivity contribution is 7.91. The number of benzene rings is 1. The molecule has 0 amide bonds. The Balaban J connectivity index is 2.12. The number of sulfone groups is 1. The maximum atomic E-state index is 12.7. The standard InChI is InChI=1S/C14H18F3NO2S/c1-18-13(11-5-6-21(19,20)9-11)8-10-3-2-4-12(7-10)14(15,16)17/h2-4,7,11,13,18H,5-6,8-9H2,1H3. The first-order valence-electron chi connectivity index (χ1n) is 6.75. The maximum Gasteiger partial charge on any atom is 0.416 e. The maximum absolute atomic E-state index is 12.7. The molecule has 0 aromatic heterocycles. The zero-order chi connectivity index (χ0) is 15.7. The van der Waals surface area contributed by atoms with Gasteiger partial charge in [-0.25, -0.2) is 8.42 Å². The van der Waals surface area contributed by atoms with Gasteiger partial charge in [0.15, 0.2) is 9.84 Å². The smallest absolute Gasteiger partial charge is 0.316 e. The monoisotopic (exact) mass is 321 g/mol. The van der Waals surface area contributed by atoms with Crippen LogP contribution in [0.5, 0.6) is 0 Å². The minimum absolute atomic E-state index is 0.0467. The molecule has 21 heavy (non-hydrogen) atoms. The summed E-state index contributed by atoms with van der Waals surface area (Å²) in [7, 11) is -1.28. The lowest BCUT2D eigenvalue weighted by Crippen LogP contribution is -2.36. The molecule has 1 aromatic carbocycles. The first-order chi connectivity index (χ1) is 9.71. The van der Waals surface area contributed by atoms with E-state index < -0.39 is 21.6 Å². The summed E-state index contributed by atoms with van der Waals surface area (Å²) in [5, 5.41) is 3.04. The SMILES string of the molecule is CNC(Cc1cccc(C(F)(F)F)c1)C1CCS(=O)(=O)C1. The Morgan fingerprint density at radius 1 is 1.38 bits per heavy atom. The molecule has 0 bridgehead atoms. The Labute approximate surface area is 122 Å². The van der Waals surface area contributed by atoms with Gasteiger partial charge in [-0.15, -0.1) is 0 Å². The van der Waals surface area contributed by atoms with Crippen molar-refractivity contribution in [2.45, 2.75) is 25.1 Å². The van der Waals surface area contributed by atoms with Gasteiger partial charge in [0, 0.05) is 6.04 Å². The van der Waals surface area contributed by atoms with Crippen LogP contribution in [-0.4, -0.2) is 33.0 Å². The van der Waals surface area contributed by atoms with Gasteiger partial charge >= 0.3 is 6.18 Å². The third-order valence-electron chi connectivity index (χ3n) is 3.92. The van der Waals surface area contributed by atoms with Crippen molar-refractivity contribution in [1.29, 1.82) is 0 Å². The summed E-state index contributed by atoms with van der Waals surface area (Å²) in [5.41, 5.74) is -0.109. The fraction of sp³-hybridized carbons (Fsp3) is 0.571. The molecule has 1 saturated heterocycles. The van der Waals surface area contributed by atoms with Crippen molar-refractivity contribution >= 4 is 9.84 Å². The number of rotatable bonds is 4. The van der Waals surface area contributed by atoms with Gasteiger partial charge in [-0.2, -0.15) is 13.2 Å². The van der Waals surface area contributed by atoms with E-state index in [2.05, 4.69) is 5.32 Å². The Morgan fingerprint density at radius 3 is 2.62 bits per heavy atom. The molecule has 1 aliphatic heterocycles. The topological polar surface area (TPSA) is 46.2 Å². The molecule has 1 N–H and O–H groups in total. The molecule has 1 fully saturated rings. The van der Waals surface area contributed by atoms with Crippen LogP contribution in [0.4, 0.5) is 13.2 Å². The summed E-state index contributed by atoms with van der Waals surface area (Å²) >= 11 is 0. The Bertz CT molecular complexity index is 598. The van der Waals surface area contributed by atoms with Crippen LogP contribution < -0.4 is 5.32 Å². The van der Waals surface area contributed by atoms with Crippen LogP contribution in [0.25, 0.3) is 0 Å². The van der Waals surface area contributed by atoms with E-state index in [9.17, 15) is 21.6 Å². The average Bonchev–Trinajstić information content (AvgIpc) is 2.75. The van der Waals surface area contributed by atoms with Crippen molar-refractivity contribution in [1.82, 2.24) is 5.32 Å². The molecule has 1 aromatic rings. The van der Waals surface area contributed by atoms with Crippen molar-refractivity contribution in [2.24, 2.45) is 5.92 Å². The van der Waals surface area contributed by atoms with E-state index in [1.807, 2.05) is 0 Å². The molecule has 2 rings (SSSR count). The van der Waals surface area contributed by atoms with E-state index in [-0.39, 0.29) is 23.5 Å². The lowest BCUT2D eigenvalue weighted by atomic mass is 9.92.